The molecule has 1 aliphatic heterocycles. The zero-order valence-corrected chi connectivity index (χ0v) is 22.2. The first-order valence-corrected chi connectivity index (χ1v) is 13.2. The number of anilines is 1. The number of aromatic amines is 1. The molecule has 9 heteroatoms. The second kappa shape index (κ2) is 11.2. The molecule has 0 bridgehead atoms. The lowest BCUT2D eigenvalue weighted by molar-refractivity contribution is -0.107. The molecule has 0 atom stereocenters. The number of H-pyrrole nitrogens is 1. The minimum absolute atomic E-state index is 0.00775. The van der Waals surface area contributed by atoms with E-state index in [1.807, 2.05) is 50.2 Å². The van der Waals surface area contributed by atoms with E-state index < -0.39 is 5.69 Å². The van der Waals surface area contributed by atoms with E-state index in [-0.39, 0.29) is 23.2 Å². The third kappa shape index (κ3) is 5.58. The average Bonchev–Trinajstić information content (AvgIpc) is 3.31. The maximum Gasteiger partial charge on any atom is 0.348 e. The maximum absolute atomic E-state index is 12.7. The van der Waals surface area contributed by atoms with Gasteiger partial charge in [-0.05, 0) is 52.9 Å². The smallest absolute Gasteiger partial charge is 0.348 e. The van der Waals surface area contributed by atoms with Crippen molar-refractivity contribution in [3.8, 4) is 28.6 Å². The predicted molar refractivity (Wildman–Crippen MR) is 151 cm³/mol. The van der Waals surface area contributed by atoms with Crippen LogP contribution >= 0.6 is 0 Å². The number of benzene rings is 3. The number of carbonyl (C=O) groups excluding carboxylic acids is 1. The number of phenols is 2. The largest absolute Gasteiger partial charge is 0.508 e. The van der Waals surface area contributed by atoms with Crippen LogP contribution in [0.5, 0.6) is 11.5 Å². The second-order valence-electron chi connectivity index (χ2n) is 10.2. The van der Waals surface area contributed by atoms with Gasteiger partial charge in [0.05, 0.1) is 11.3 Å². The van der Waals surface area contributed by atoms with Crippen LogP contribution in [0.3, 0.4) is 0 Å². The molecule has 3 aromatic carbocycles. The molecule has 0 spiro atoms. The number of hydrogen-bond acceptors (Lipinski definition) is 7. The fourth-order valence-corrected chi connectivity index (χ4v) is 5.06. The molecule has 1 fully saturated rings. The van der Waals surface area contributed by atoms with Crippen LogP contribution < -0.4 is 10.6 Å². The predicted octanol–water partition coefficient (Wildman–Crippen LogP) is 3.83. The van der Waals surface area contributed by atoms with Crippen LogP contribution in [-0.4, -0.2) is 62.3 Å². The lowest BCUT2D eigenvalue weighted by Crippen LogP contribution is -2.45. The summed E-state index contributed by atoms with van der Waals surface area (Å²) < 4.78 is 1.43. The fraction of sp³-hybridized carbons (Fsp3) is 0.300. The molecule has 0 saturated carbocycles. The Kier molecular flexibility index (Phi) is 7.51. The molecule has 3 N–H and O–H groups in total. The van der Waals surface area contributed by atoms with Gasteiger partial charge >= 0.3 is 5.69 Å². The summed E-state index contributed by atoms with van der Waals surface area (Å²) in [5.41, 5.74) is 4.60. The molecule has 4 aromatic rings. The summed E-state index contributed by atoms with van der Waals surface area (Å²) >= 11 is 0. The van der Waals surface area contributed by atoms with Crippen molar-refractivity contribution in [1.82, 2.24) is 19.7 Å². The number of nitrogens with zero attached hydrogens (tertiary/aromatic N) is 4. The maximum atomic E-state index is 12.7. The summed E-state index contributed by atoms with van der Waals surface area (Å²) in [5.74, 6) is 0.166. The normalized spacial score (nSPS) is 14.2. The van der Waals surface area contributed by atoms with Gasteiger partial charge in [0, 0.05) is 50.9 Å². The summed E-state index contributed by atoms with van der Waals surface area (Å²) in [6.45, 7) is 8.40. The highest BCUT2D eigenvalue weighted by atomic mass is 16.3. The number of aldehydes is 1. The summed E-state index contributed by atoms with van der Waals surface area (Å²) in [4.78, 5) is 28.2. The quantitative estimate of drug-likeness (QED) is 0.299. The van der Waals surface area contributed by atoms with Crippen molar-refractivity contribution >= 4 is 12.0 Å². The Labute approximate surface area is 227 Å². The first-order valence-electron chi connectivity index (χ1n) is 13.2. The molecule has 1 aromatic heterocycles. The van der Waals surface area contributed by atoms with Gasteiger partial charge in [-0.3, -0.25) is 4.90 Å². The standard InChI is InChI=1S/C30H33N5O4/c1-20(2)25-17-26(28(38)18-27(25)37)29-31-32-30(39)35(29)24-9-5-22(6-10-24)19-33-12-14-34(15-13-33)23-7-3-21(4-8-23)11-16-36/h3-10,16-18,20,37-38H,11-15,19H2,1-2H3,(H,32,39). The molecule has 39 heavy (non-hydrogen) atoms. The van der Waals surface area contributed by atoms with Crippen molar-refractivity contribution in [2.24, 2.45) is 0 Å². The van der Waals surface area contributed by atoms with E-state index in [2.05, 4.69) is 32.1 Å². The van der Waals surface area contributed by atoms with Crippen LogP contribution in [0.4, 0.5) is 5.69 Å². The van der Waals surface area contributed by atoms with Gasteiger partial charge in [0.1, 0.15) is 17.8 Å². The second-order valence-corrected chi connectivity index (χ2v) is 10.2. The SMILES string of the molecule is CC(C)c1cc(-c2n[nH]c(=O)n2-c2ccc(CN3CCN(c4ccc(CC=O)cc4)CC3)cc2)c(O)cc1O. The Hall–Kier alpha value is -4.37. The number of nitrogens with one attached hydrogen (secondary N) is 1. The van der Waals surface area contributed by atoms with Crippen LogP contribution in [0.2, 0.25) is 0 Å². The van der Waals surface area contributed by atoms with Crippen molar-refractivity contribution in [3.05, 3.63) is 87.8 Å². The molecule has 2 heterocycles. The summed E-state index contributed by atoms with van der Waals surface area (Å²) in [5, 5.41) is 27.4. The number of hydrogen-bond donors (Lipinski definition) is 3. The highest BCUT2D eigenvalue weighted by molar-refractivity contribution is 5.69. The third-order valence-corrected chi connectivity index (χ3v) is 7.27. The number of carbonyl (C=O) groups is 1. The first-order chi connectivity index (χ1) is 18.8. The molecule has 0 unspecified atom stereocenters. The zero-order chi connectivity index (χ0) is 27.5. The van der Waals surface area contributed by atoms with Gasteiger partial charge in [-0.15, -0.1) is 0 Å². The molecule has 1 saturated heterocycles. The van der Waals surface area contributed by atoms with Crippen LogP contribution in [0.25, 0.3) is 17.1 Å². The molecular formula is C30H33N5O4. The topological polar surface area (TPSA) is 115 Å². The lowest BCUT2D eigenvalue weighted by atomic mass is 9.98. The van der Waals surface area contributed by atoms with Crippen LogP contribution in [0.1, 0.15) is 36.5 Å². The minimum Gasteiger partial charge on any atom is -0.508 e. The van der Waals surface area contributed by atoms with Gasteiger partial charge in [-0.1, -0.05) is 38.1 Å². The van der Waals surface area contributed by atoms with Gasteiger partial charge in [0.15, 0.2) is 5.82 Å². The first kappa shape index (κ1) is 26.2. The monoisotopic (exact) mass is 527 g/mol. The van der Waals surface area contributed by atoms with E-state index in [4.69, 9.17) is 0 Å². The fourth-order valence-electron chi connectivity index (χ4n) is 5.06. The van der Waals surface area contributed by atoms with Crippen molar-refractivity contribution in [3.63, 3.8) is 0 Å². The average molecular weight is 528 g/mol. The molecule has 0 amide bonds. The molecule has 0 radical (unpaired) electrons. The van der Waals surface area contributed by atoms with Gasteiger partial charge < -0.3 is 19.9 Å². The van der Waals surface area contributed by atoms with Crippen molar-refractivity contribution in [2.75, 3.05) is 31.1 Å². The van der Waals surface area contributed by atoms with Gasteiger partial charge in [-0.2, -0.15) is 5.10 Å². The number of phenolic OH excluding ortho intramolecular Hbond substituents is 2. The van der Waals surface area contributed by atoms with Gasteiger partial charge in [0.2, 0.25) is 0 Å². The van der Waals surface area contributed by atoms with E-state index in [0.717, 1.165) is 50.1 Å². The summed E-state index contributed by atoms with van der Waals surface area (Å²) in [6.07, 6.45) is 1.37. The molecular weight excluding hydrogens is 494 g/mol. The van der Waals surface area contributed by atoms with E-state index in [1.165, 1.54) is 16.3 Å². The number of rotatable bonds is 8. The van der Waals surface area contributed by atoms with Gasteiger partial charge in [0.25, 0.3) is 0 Å². The highest BCUT2D eigenvalue weighted by Gasteiger charge is 2.20. The van der Waals surface area contributed by atoms with Crippen molar-refractivity contribution < 1.29 is 15.0 Å². The molecule has 0 aliphatic carbocycles. The third-order valence-electron chi connectivity index (χ3n) is 7.27. The molecule has 5 rings (SSSR count). The minimum atomic E-state index is -0.411. The molecule has 9 nitrogen and oxygen atoms in total. The Morgan fingerprint density at radius 1 is 0.897 bits per heavy atom. The van der Waals surface area contributed by atoms with Crippen LogP contribution in [0.15, 0.2) is 65.5 Å². The number of aromatic hydroxyl groups is 2. The lowest BCUT2D eigenvalue weighted by Gasteiger charge is -2.36. The number of piperazine rings is 1. The summed E-state index contributed by atoms with van der Waals surface area (Å²) in [6, 6.07) is 18.9. The van der Waals surface area contributed by atoms with E-state index in [0.29, 0.717) is 23.2 Å². The molecule has 1 aliphatic rings. The van der Waals surface area contributed by atoms with E-state index in [1.54, 1.807) is 6.07 Å². The molecule has 202 valence electrons. The Balaban J connectivity index is 1.28. The Bertz CT molecular complexity index is 1500. The summed E-state index contributed by atoms with van der Waals surface area (Å²) in [7, 11) is 0. The van der Waals surface area contributed by atoms with Crippen LogP contribution in [0, 0.1) is 0 Å². The van der Waals surface area contributed by atoms with Crippen molar-refractivity contribution in [1.29, 1.82) is 0 Å². The van der Waals surface area contributed by atoms with E-state index in [9.17, 15) is 19.8 Å². The Morgan fingerprint density at radius 3 is 2.18 bits per heavy atom. The highest BCUT2D eigenvalue weighted by Crippen LogP contribution is 2.37. The zero-order valence-electron chi connectivity index (χ0n) is 22.2. The van der Waals surface area contributed by atoms with Gasteiger partial charge in [-0.25, -0.2) is 14.5 Å². The number of aromatic nitrogens is 3. The van der Waals surface area contributed by atoms with E-state index >= 15 is 0 Å². The van der Waals surface area contributed by atoms with Crippen LogP contribution in [-0.2, 0) is 17.8 Å². The Morgan fingerprint density at radius 2 is 1.54 bits per heavy atom. The van der Waals surface area contributed by atoms with Crippen molar-refractivity contribution in [2.45, 2.75) is 32.7 Å².